The molecule has 33 heavy (non-hydrogen) atoms. The van der Waals surface area contributed by atoms with Crippen LogP contribution in [0, 0.1) is 0 Å². The van der Waals surface area contributed by atoms with Crippen LogP contribution in [0.25, 0.3) is 22.0 Å². The van der Waals surface area contributed by atoms with Gasteiger partial charge in [0.1, 0.15) is 5.75 Å². The van der Waals surface area contributed by atoms with E-state index in [1.807, 2.05) is 36.5 Å². The van der Waals surface area contributed by atoms with Crippen LogP contribution in [0.3, 0.4) is 0 Å². The van der Waals surface area contributed by atoms with Crippen molar-refractivity contribution in [2.45, 2.75) is 18.9 Å². The average Bonchev–Trinajstić information content (AvgIpc) is 3.47. The van der Waals surface area contributed by atoms with Crippen LogP contribution in [0.4, 0.5) is 0 Å². The average molecular weight is 444 g/mol. The first-order chi connectivity index (χ1) is 16.0. The molecular weight excluding hydrogens is 420 g/mol. The summed E-state index contributed by atoms with van der Waals surface area (Å²) in [6, 6.07) is 15.6. The Balaban J connectivity index is 1.43. The Hall–Kier alpha value is -3.97. The Labute approximate surface area is 190 Å². The maximum absolute atomic E-state index is 13.3. The fourth-order valence-electron chi connectivity index (χ4n) is 4.34. The minimum Gasteiger partial charge on any atom is -0.504 e. The Morgan fingerprint density at radius 2 is 1.91 bits per heavy atom. The summed E-state index contributed by atoms with van der Waals surface area (Å²) in [4.78, 5) is 16.5. The minimum atomic E-state index is -0.477. The number of phenolic OH excluding ortho intramolecular Hbond substituents is 2. The summed E-state index contributed by atoms with van der Waals surface area (Å²) in [5, 5.41) is 33.5. The van der Waals surface area contributed by atoms with Crippen molar-refractivity contribution >= 4 is 16.8 Å². The van der Waals surface area contributed by atoms with Gasteiger partial charge in [-0.3, -0.25) is 4.79 Å². The van der Waals surface area contributed by atoms with Gasteiger partial charge in [-0.2, -0.15) is 0 Å². The molecule has 1 amide bonds. The number of hydrogen-bond acceptors (Lipinski definition) is 5. The molecule has 0 unspecified atom stereocenters. The smallest absolute Gasteiger partial charge is 0.255 e. The van der Waals surface area contributed by atoms with Gasteiger partial charge >= 0.3 is 0 Å². The van der Waals surface area contributed by atoms with Crippen molar-refractivity contribution in [3.63, 3.8) is 0 Å². The third kappa shape index (κ3) is 3.99. The quantitative estimate of drug-likeness (QED) is 0.292. The molecule has 5 N–H and O–H groups in total. The van der Waals surface area contributed by atoms with Crippen molar-refractivity contribution in [2.24, 2.45) is 0 Å². The maximum atomic E-state index is 13.3. The van der Waals surface area contributed by atoms with E-state index in [0.29, 0.717) is 36.3 Å². The molecule has 0 bridgehead atoms. The fraction of sp³-hybridized carbons (Fsp3) is 0.192. The van der Waals surface area contributed by atoms with Gasteiger partial charge < -0.3 is 30.4 Å². The number of aliphatic hydroxyl groups is 1. The van der Waals surface area contributed by atoms with Gasteiger partial charge in [-0.25, -0.2) is 0 Å². The number of ether oxygens (including phenoxy) is 1. The van der Waals surface area contributed by atoms with E-state index in [2.05, 4.69) is 10.3 Å². The number of aromatic amines is 1. The zero-order valence-corrected chi connectivity index (χ0v) is 17.8. The molecule has 168 valence electrons. The first-order valence-corrected chi connectivity index (χ1v) is 10.8. The molecule has 0 fully saturated rings. The van der Waals surface area contributed by atoms with Crippen molar-refractivity contribution in [3.8, 4) is 28.4 Å². The number of amides is 1. The van der Waals surface area contributed by atoms with E-state index in [-0.39, 0.29) is 24.0 Å². The monoisotopic (exact) mass is 444 g/mol. The predicted molar refractivity (Wildman–Crippen MR) is 125 cm³/mol. The van der Waals surface area contributed by atoms with Crippen molar-refractivity contribution in [1.82, 2.24) is 10.3 Å². The Kier molecular flexibility index (Phi) is 5.40. The number of para-hydroxylation sites is 1. The third-order valence-electron chi connectivity index (χ3n) is 6.03. The van der Waals surface area contributed by atoms with Crippen LogP contribution >= 0.6 is 0 Å². The third-order valence-corrected chi connectivity index (χ3v) is 6.03. The number of fused-ring (bicyclic) bond motifs is 2. The van der Waals surface area contributed by atoms with Crippen LogP contribution in [0.2, 0.25) is 0 Å². The van der Waals surface area contributed by atoms with Crippen LogP contribution in [0.15, 0.2) is 60.8 Å². The van der Waals surface area contributed by atoms with Gasteiger partial charge in [0.05, 0.1) is 24.8 Å². The van der Waals surface area contributed by atoms with E-state index in [9.17, 15) is 20.1 Å². The van der Waals surface area contributed by atoms with Crippen molar-refractivity contribution < 1.29 is 24.9 Å². The lowest BCUT2D eigenvalue weighted by atomic mass is 9.97. The van der Waals surface area contributed by atoms with Gasteiger partial charge in [-0.15, -0.1) is 0 Å². The molecule has 7 heteroatoms. The lowest BCUT2D eigenvalue weighted by Gasteiger charge is -2.18. The van der Waals surface area contributed by atoms with E-state index in [1.54, 1.807) is 12.1 Å². The second-order valence-electron chi connectivity index (χ2n) is 8.23. The molecule has 0 spiro atoms. The van der Waals surface area contributed by atoms with E-state index >= 15 is 0 Å². The molecule has 0 saturated carbocycles. The summed E-state index contributed by atoms with van der Waals surface area (Å²) >= 11 is 0. The molecule has 0 radical (unpaired) electrons. The highest BCUT2D eigenvalue weighted by atomic mass is 16.5. The highest BCUT2D eigenvalue weighted by Crippen LogP contribution is 2.37. The van der Waals surface area contributed by atoms with Gasteiger partial charge in [-0.1, -0.05) is 24.3 Å². The van der Waals surface area contributed by atoms with Gasteiger partial charge in [0, 0.05) is 23.5 Å². The van der Waals surface area contributed by atoms with E-state index in [0.717, 1.165) is 27.6 Å². The first-order valence-electron chi connectivity index (χ1n) is 10.8. The van der Waals surface area contributed by atoms with Gasteiger partial charge in [0.15, 0.2) is 11.5 Å². The molecule has 3 aromatic carbocycles. The van der Waals surface area contributed by atoms with E-state index in [1.165, 1.54) is 12.1 Å². The second kappa shape index (κ2) is 8.52. The Bertz CT molecular complexity index is 1340. The summed E-state index contributed by atoms with van der Waals surface area (Å²) in [6.45, 7) is 0.276. The number of benzene rings is 3. The van der Waals surface area contributed by atoms with Gasteiger partial charge in [0.2, 0.25) is 0 Å². The number of phenols is 2. The van der Waals surface area contributed by atoms with Crippen LogP contribution in [0.5, 0.6) is 17.2 Å². The number of nitrogens with one attached hydrogen (secondary N) is 2. The Morgan fingerprint density at radius 1 is 1.06 bits per heavy atom. The lowest BCUT2D eigenvalue weighted by Crippen LogP contribution is -2.39. The number of H-pyrrole nitrogens is 1. The number of rotatable bonds is 6. The van der Waals surface area contributed by atoms with Crippen molar-refractivity contribution in [3.05, 3.63) is 77.5 Å². The van der Waals surface area contributed by atoms with Crippen LogP contribution < -0.4 is 10.1 Å². The molecule has 2 heterocycles. The van der Waals surface area contributed by atoms with Crippen LogP contribution in [-0.2, 0) is 12.8 Å². The van der Waals surface area contributed by atoms with Crippen LogP contribution in [0.1, 0.15) is 21.5 Å². The van der Waals surface area contributed by atoms with Crippen LogP contribution in [-0.4, -0.2) is 45.5 Å². The maximum Gasteiger partial charge on any atom is 0.255 e. The number of aromatic nitrogens is 1. The molecule has 5 rings (SSSR count). The highest BCUT2D eigenvalue weighted by Gasteiger charge is 2.25. The summed E-state index contributed by atoms with van der Waals surface area (Å²) in [5.74, 6) is -0.224. The molecule has 0 aliphatic carbocycles. The molecule has 1 aromatic heterocycles. The van der Waals surface area contributed by atoms with E-state index in [4.69, 9.17) is 4.74 Å². The number of aromatic hydroxyl groups is 2. The van der Waals surface area contributed by atoms with Crippen molar-refractivity contribution in [2.75, 3.05) is 13.2 Å². The number of carbonyl (C=O) groups excluding carboxylic acids is 1. The highest BCUT2D eigenvalue weighted by molar-refractivity contribution is 5.99. The molecular formula is C26H24N2O5. The lowest BCUT2D eigenvalue weighted by molar-refractivity contribution is 0.0913. The first kappa shape index (κ1) is 20.9. The molecule has 7 nitrogen and oxygen atoms in total. The Morgan fingerprint density at radius 3 is 2.73 bits per heavy atom. The molecule has 1 atom stereocenters. The molecule has 0 saturated heterocycles. The topological polar surface area (TPSA) is 115 Å². The summed E-state index contributed by atoms with van der Waals surface area (Å²) in [6.07, 6.45) is 3.05. The molecule has 1 aliphatic rings. The molecule has 4 aromatic rings. The number of aliphatic hydroxyl groups excluding tert-OH is 1. The van der Waals surface area contributed by atoms with Gasteiger partial charge in [-0.05, 0) is 59.0 Å². The van der Waals surface area contributed by atoms with Crippen molar-refractivity contribution in [1.29, 1.82) is 0 Å². The minimum absolute atomic E-state index is 0.204. The van der Waals surface area contributed by atoms with Gasteiger partial charge in [0.25, 0.3) is 5.91 Å². The zero-order valence-electron chi connectivity index (χ0n) is 17.8. The zero-order chi connectivity index (χ0) is 22.9. The fourth-order valence-corrected chi connectivity index (χ4v) is 4.34. The van der Waals surface area contributed by atoms with E-state index < -0.39 is 6.04 Å². The summed E-state index contributed by atoms with van der Waals surface area (Å²) < 4.78 is 5.75. The second-order valence-corrected chi connectivity index (χ2v) is 8.23. The molecule has 1 aliphatic heterocycles. The number of hydrogen-bond donors (Lipinski definition) is 5. The summed E-state index contributed by atoms with van der Waals surface area (Å²) in [5.41, 5.74) is 4.71. The normalized spacial score (nSPS) is 13.5. The predicted octanol–water partition coefficient (Wildman–Crippen LogP) is 3.51. The largest absolute Gasteiger partial charge is 0.504 e. The summed E-state index contributed by atoms with van der Waals surface area (Å²) in [7, 11) is 0. The number of carbonyl (C=O) groups is 1. The standard InChI is InChI=1S/C26H24N2O5/c29-14-19(10-18-13-27-22-4-2-1-3-20(18)22)28-26(32)21-11-17(9-16-7-8-33-25(16)21)15-5-6-23(30)24(31)12-15/h1-6,9,11-13,19,27,29-31H,7-8,10,14H2,(H,28,32)/t19-/m1/s1. The SMILES string of the molecule is O=C(N[C@@H](CO)Cc1c[nH]c2ccccc12)c1cc(-c2ccc(O)c(O)c2)cc2c1OCC2.